The van der Waals surface area contributed by atoms with Crippen LogP contribution in [0.5, 0.6) is 0 Å². The van der Waals surface area contributed by atoms with Crippen molar-refractivity contribution >= 4 is 29.2 Å². The highest BCUT2D eigenvalue weighted by molar-refractivity contribution is 6.30. The van der Waals surface area contributed by atoms with Crippen LogP contribution in [-0.2, 0) is 11.8 Å². The maximum atomic E-state index is 14.1. The van der Waals surface area contributed by atoms with Gasteiger partial charge in [-0.1, -0.05) is 23.6 Å². The van der Waals surface area contributed by atoms with Crippen LogP contribution in [0.4, 0.5) is 14.9 Å². The molecule has 0 saturated carbocycles. The van der Waals surface area contributed by atoms with Gasteiger partial charge >= 0.3 is 6.03 Å². The highest BCUT2D eigenvalue weighted by Gasteiger charge is 2.30. The van der Waals surface area contributed by atoms with Crippen LogP contribution >= 0.6 is 11.6 Å². The summed E-state index contributed by atoms with van der Waals surface area (Å²) in [7, 11) is 1.76. The molecule has 0 radical (unpaired) electrons. The average Bonchev–Trinajstić information content (AvgIpc) is 3.06. The molecule has 0 aliphatic carbocycles. The minimum Gasteiger partial charge on any atom is -0.320 e. The Bertz CT molecular complexity index is 923. The topological polar surface area (TPSA) is 70.5 Å². The number of carbonyl (C=O) groups is 2. The molecular formula is C18H17ClFN5O2. The van der Waals surface area contributed by atoms with Gasteiger partial charge in [0.2, 0.25) is 5.91 Å². The highest BCUT2D eigenvalue weighted by atomic mass is 35.5. The Morgan fingerprint density at radius 3 is 2.81 bits per heavy atom. The number of halogens is 2. The highest BCUT2D eigenvalue weighted by Crippen LogP contribution is 2.21. The molecule has 1 aliphatic rings. The molecule has 2 aromatic rings. The van der Waals surface area contributed by atoms with Crippen molar-refractivity contribution in [2.75, 3.05) is 24.5 Å². The van der Waals surface area contributed by atoms with Crippen LogP contribution in [0.15, 0.2) is 30.6 Å². The van der Waals surface area contributed by atoms with Crippen LogP contribution in [0, 0.1) is 18.2 Å². The molecule has 2 heterocycles. The Morgan fingerprint density at radius 2 is 2.22 bits per heavy atom. The summed E-state index contributed by atoms with van der Waals surface area (Å²) < 4.78 is 15.7. The molecule has 3 amide bonds. The third kappa shape index (κ3) is 4.04. The molecule has 3 rings (SSSR count). The van der Waals surface area contributed by atoms with Gasteiger partial charge in [-0.2, -0.15) is 5.10 Å². The summed E-state index contributed by atoms with van der Waals surface area (Å²) in [6.45, 7) is 0.530. The van der Waals surface area contributed by atoms with Crippen LogP contribution in [0.25, 0.3) is 0 Å². The molecule has 9 heteroatoms. The first kappa shape index (κ1) is 18.7. The van der Waals surface area contributed by atoms with E-state index in [1.807, 2.05) is 0 Å². The SMILES string of the molecule is C#CC(NC(=O)N1CCN(c2cnn(C)c2)C(=O)C1)c1ccc(Cl)cc1F. The second-order valence-electron chi connectivity index (χ2n) is 6.05. The number of nitrogens with one attached hydrogen (secondary N) is 1. The lowest BCUT2D eigenvalue weighted by Gasteiger charge is -2.34. The minimum atomic E-state index is -0.971. The summed E-state index contributed by atoms with van der Waals surface area (Å²) in [5.74, 6) is 1.50. The number of rotatable bonds is 3. The van der Waals surface area contributed by atoms with E-state index < -0.39 is 17.9 Å². The maximum Gasteiger partial charge on any atom is 0.319 e. The minimum absolute atomic E-state index is 0.110. The van der Waals surface area contributed by atoms with Gasteiger partial charge in [-0.05, 0) is 12.1 Å². The number of amides is 3. The van der Waals surface area contributed by atoms with Crippen molar-refractivity contribution in [3.63, 3.8) is 0 Å². The zero-order valence-corrected chi connectivity index (χ0v) is 15.3. The molecule has 1 saturated heterocycles. The number of urea groups is 1. The van der Waals surface area contributed by atoms with E-state index >= 15 is 0 Å². The number of hydrogen-bond donors (Lipinski definition) is 1. The third-order valence-corrected chi connectivity index (χ3v) is 4.45. The van der Waals surface area contributed by atoms with Gasteiger partial charge in [0.25, 0.3) is 0 Å². The number of piperazine rings is 1. The van der Waals surface area contributed by atoms with E-state index in [1.165, 1.54) is 17.0 Å². The zero-order chi connectivity index (χ0) is 19.6. The van der Waals surface area contributed by atoms with Crippen molar-refractivity contribution in [3.8, 4) is 12.3 Å². The van der Waals surface area contributed by atoms with Crippen LogP contribution in [-0.4, -0.2) is 46.3 Å². The fourth-order valence-corrected chi connectivity index (χ4v) is 2.99. The Morgan fingerprint density at radius 1 is 1.44 bits per heavy atom. The van der Waals surface area contributed by atoms with E-state index in [0.717, 1.165) is 6.07 Å². The fourth-order valence-electron chi connectivity index (χ4n) is 2.83. The molecule has 140 valence electrons. The lowest BCUT2D eigenvalue weighted by Crippen LogP contribution is -2.55. The van der Waals surface area contributed by atoms with Crippen LogP contribution in [0.2, 0.25) is 5.02 Å². The number of hydrogen-bond acceptors (Lipinski definition) is 3. The van der Waals surface area contributed by atoms with Crippen molar-refractivity contribution < 1.29 is 14.0 Å². The zero-order valence-electron chi connectivity index (χ0n) is 14.5. The van der Waals surface area contributed by atoms with E-state index in [2.05, 4.69) is 16.3 Å². The van der Waals surface area contributed by atoms with Crippen molar-refractivity contribution in [1.82, 2.24) is 20.0 Å². The Kier molecular flexibility index (Phi) is 5.33. The quantitative estimate of drug-likeness (QED) is 0.816. The molecule has 0 spiro atoms. The smallest absolute Gasteiger partial charge is 0.319 e. The van der Waals surface area contributed by atoms with Crippen LogP contribution in [0.3, 0.4) is 0 Å². The number of nitrogens with zero attached hydrogens (tertiary/aromatic N) is 4. The molecule has 1 aromatic carbocycles. The molecule has 1 aliphatic heterocycles. The summed E-state index contributed by atoms with van der Waals surface area (Å²) in [5, 5.41) is 6.85. The van der Waals surface area contributed by atoms with Gasteiger partial charge in [0.05, 0.1) is 11.9 Å². The van der Waals surface area contributed by atoms with E-state index in [4.69, 9.17) is 18.0 Å². The van der Waals surface area contributed by atoms with E-state index in [1.54, 1.807) is 29.0 Å². The molecule has 27 heavy (non-hydrogen) atoms. The number of benzene rings is 1. The van der Waals surface area contributed by atoms with E-state index in [0.29, 0.717) is 18.8 Å². The van der Waals surface area contributed by atoms with Crippen molar-refractivity contribution in [2.24, 2.45) is 7.05 Å². The number of aryl methyl sites for hydroxylation is 1. The number of carbonyl (C=O) groups excluding carboxylic acids is 2. The van der Waals surface area contributed by atoms with E-state index in [9.17, 15) is 14.0 Å². The first-order valence-corrected chi connectivity index (χ1v) is 8.52. The van der Waals surface area contributed by atoms with Gasteiger partial charge < -0.3 is 15.1 Å². The predicted octanol–water partition coefficient (Wildman–Crippen LogP) is 1.95. The maximum absolute atomic E-state index is 14.1. The summed E-state index contributed by atoms with van der Waals surface area (Å²) in [5.41, 5.74) is 0.808. The Labute approximate surface area is 160 Å². The lowest BCUT2D eigenvalue weighted by molar-refractivity contribution is -0.120. The second-order valence-corrected chi connectivity index (χ2v) is 6.49. The largest absolute Gasteiger partial charge is 0.320 e. The molecule has 1 aromatic heterocycles. The van der Waals surface area contributed by atoms with Gasteiger partial charge in [0.1, 0.15) is 18.4 Å². The first-order valence-electron chi connectivity index (χ1n) is 8.14. The van der Waals surface area contributed by atoms with E-state index in [-0.39, 0.29) is 23.0 Å². The number of terminal acetylenes is 1. The van der Waals surface area contributed by atoms with Gasteiger partial charge in [0, 0.05) is 36.9 Å². The molecule has 0 bridgehead atoms. The van der Waals surface area contributed by atoms with Gasteiger partial charge in [-0.25, -0.2) is 9.18 Å². The molecular weight excluding hydrogens is 373 g/mol. The summed E-state index contributed by atoms with van der Waals surface area (Å²) >= 11 is 5.74. The first-order chi connectivity index (χ1) is 12.9. The monoisotopic (exact) mass is 389 g/mol. The molecule has 1 fully saturated rings. The molecule has 7 nitrogen and oxygen atoms in total. The fraction of sp³-hybridized carbons (Fsp3) is 0.278. The average molecular weight is 390 g/mol. The number of aromatic nitrogens is 2. The Hall–Kier alpha value is -3.05. The molecule has 1 unspecified atom stereocenters. The standard InChI is InChI=1S/C18H17ClFN5O2/c1-3-16(14-5-4-12(19)8-15(14)20)22-18(27)24-6-7-25(17(26)11-24)13-9-21-23(2)10-13/h1,4-5,8-10,16H,6-7,11H2,2H3,(H,22,27). The summed E-state index contributed by atoms with van der Waals surface area (Å²) in [6.07, 6.45) is 8.77. The van der Waals surface area contributed by atoms with Crippen LogP contribution in [0.1, 0.15) is 11.6 Å². The molecule has 1 N–H and O–H groups in total. The van der Waals surface area contributed by atoms with Crippen LogP contribution < -0.4 is 10.2 Å². The van der Waals surface area contributed by atoms with Gasteiger partial charge in [0.15, 0.2) is 0 Å². The van der Waals surface area contributed by atoms with Gasteiger partial charge in [-0.15, -0.1) is 6.42 Å². The lowest BCUT2D eigenvalue weighted by atomic mass is 10.1. The van der Waals surface area contributed by atoms with Crippen molar-refractivity contribution in [1.29, 1.82) is 0 Å². The Balaban J connectivity index is 1.66. The van der Waals surface area contributed by atoms with Crippen molar-refractivity contribution in [3.05, 3.63) is 47.0 Å². The van der Waals surface area contributed by atoms with Gasteiger partial charge in [-0.3, -0.25) is 9.48 Å². The third-order valence-electron chi connectivity index (χ3n) is 4.22. The summed E-state index contributed by atoms with van der Waals surface area (Å²) in [4.78, 5) is 27.8. The van der Waals surface area contributed by atoms with Crippen molar-refractivity contribution in [2.45, 2.75) is 6.04 Å². The predicted molar refractivity (Wildman–Crippen MR) is 98.6 cm³/mol. The summed E-state index contributed by atoms with van der Waals surface area (Å²) in [6, 6.07) is 2.54. The normalized spacial score (nSPS) is 15.4. The second kappa shape index (κ2) is 7.68. The number of anilines is 1. The molecule has 1 atom stereocenters.